The van der Waals surface area contributed by atoms with E-state index in [2.05, 4.69) is 36.5 Å². The van der Waals surface area contributed by atoms with Crippen molar-refractivity contribution in [1.82, 2.24) is 14.8 Å². The number of nitrogens with zero attached hydrogens (tertiary/aromatic N) is 3. The average molecular weight is 667 g/mol. The van der Waals surface area contributed by atoms with Crippen LogP contribution in [0.3, 0.4) is 0 Å². The maximum absolute atomic E-state index is 13.2. The van der Waals surface area contributed by atoms with Crippen molar-refractivity contribution in [1.29, 1.82) is 0 Å². The van der Waals surface area contributed by atoms with Gasteiger partial charge in [-0.3, -0.25) is 4.79 Å². The summed E-state index contributed by atoms with van der Waals surface area (Å²) < 4.78 is 18.3. The summed E-state index contributed by atoms with van der Waals surface area (Å²) in [6, 6.07) is 41.2. The molecule has 0 fully saturated rings. The molecule has 0 amide bonds. The zero-order valence-corrected chi connectivity index (χ0v) is 28.9. The third kappa shape index (κ3) is 8.21. The van der Waals surface area contributed by atoms with Crippen LogP contribution in [-0.2, 0) is 24.8 Å². The first kappa shape index (κ1) is 34.0. The Labute approximate surface area is 293 Å². The zero-order valence-electron chi connectivity index (χ0n) is 28.9. The normalized spacial score (nSPS) is 12.2. The molecule has 50 heavy (non-hydrogen) atoms. The molecule has 8 heteroatoms. The highest BCUT2D eigenvalue weighted by molar-refractivity contribution is 6.09. The van der Waals surface area contributed by atoms with Crippen molar-refractivity contribution < 1.29 is 19.0 Å². The van der Waals surface area contributed by atoms with E-state index in [0.29, 0.717) is 23.6 Å². The van der Waals surface area contributed by atoms with Crippen molar-refractivity contribution in [3.8, 4) is 17.2 Å². The summed E-state index contributed by atoms with van der Waals surface area (Å²) in [6.07, 6.45) is 2.38. The van der Waals surface area contributed by atoms with Gasteiger partial charge in [-0.2, -0.15) is 4.98 Å². The van der Waals surface area contributed by atoms with Crippen molar-refractivity contribution in [2.24, 2.45) is 0 Å². The van der Waals surface area contributed by atoms with E-state index in [9.17, 15) is 4.79 Å². The van der Waals surface area contributed by atoms with Gasteiger partial charge in [-0.1, -0.05) is 85.8 Å². The Morgan fingerprint density at radius 2 is 1.24 bits per heavy atom. The molecule has 0 bridgehead atoms. The molecule has 0 aliphatic carbocycles. The lowest BCUT2D eigenvalue weighted by Gasteiger charge is -2.29. The second-order valence-electron chi connectivity index (χ2n) is 12.6. The van der Waals surface area contributed by atoms with E-state index in [-0.39, 0.29) is 5.78 Å². The van der Waals surface area contributed by atoms with Gasteiger partial charge in [0.15, 0.2) is 5.78 Å². The van der Waals surface area contributed by atoms with Gasteiger partial charge in [-0.05, 0) is 84.5 Å². The van der Waals surface area contributed by atoms with Crippen LogP contribution in [0.5, 0.6) is 17.2 Å². The first-order valence-corrected chi connectivity index (χ1v) is 16.7. The van der Waals surface area contributed by atoms with E-state index in [1.165, 1.54) is 11.1 Å². The smallest absolute Gasteiger partial charge is 0.246 e. The molecule has 1 unspecified atom stereocenters. The number of benzene rings is 5. The van der Waals surface area contributed by atoms with E-state index in [1.54, 1.807) is 21.3 Å². The van der Waals surface area contributed by atoms with Crippen LogP contribution in [0.15, 0.2) is 127 Å². The molecule has 0 saturated heterocycles. The summed E-state index contributed by atoms with van der Waals surface area (Å²) in [5, 5.41) is 8.44. The maximum Gasteiger partial charge on any atom is 0.246 e. The number of aryl methyl sites for hydroxylation is 1. The van der Waals surface area contributed by atoms with Gasteiger partial charge in [-0.15, -0.1) is 5.10 Å². The molecule has 254 valence electrons. The van der Waals surface area contributed by atoms with Gasteiger partial charge >= 0.3 is 0 Å². The molecule has 0 aliphatic heterocycles. The van der Waals surface area contributed by atoms with Crippen LogP contribution in [0.25, 0.3) is 0 Å². The van der Waals surface area contributed by atoms with Gasteiger partial charge in [-0.25, -0.2) is 4.68 Å². The third-order valence-corrected chi connectivity index (χ3v) is 9.00. The van der Waals surface area contributed by atoms with Crippen LogP contribution in [0, 0.1) is 0 Å². The number of hydrogen-bond donors (Lipinski definition) is 1. The second-order valence-corrected chi connectivity index (χ2v) is 12.6. The number of methoxy groups -OCH3 is 3. The largest absolute Gasteiger partial charge is 0.497 e. The van der Waals surface area contributed by atoms with Gasteiger partial charge in [0.05, 0.1) is 27.9 Å². The molecule has 8 nitrogen and oxygen atoms in total. The second kappa shape index (κ2) is 15.6. The number of aromatic nitrogens is 3. The first-order valence-electron chi connectivity index (χ1n) is 16.7. The van der Waals surface area contributed by atoms with Gasteiger partial charge in [0, 0.05) is 22.2 Å². The van der Waals surface area contributed by atoms with Crippen LogP contribution in [0.2, 0.25) is 0 Å². The molecule has 1 atom stereocenters. The number of carbonyl (C=O) groups excluding carboxylic acids is 1. The highest BCUT2D eigenvalue weighted by atomic mass is 16.5. The Morgan fingerprint density at radius 1 is 0.680 bits per heavy atom. The van der Waals surface area contributed by atoms with E-state index in [4.69, 9.17) is 24.3 Å². The molecule has 0 spiro atoms. The summed E-state index contributed by atoms with van der Waals surface area (Å²) in [4.78, 5) is 18.4. The molecule has 1 aromatic heterocycles. The van der Waals surface area contributed by atoms with Crippen molar-refractivity contribution in [2.75, 3.05) is 26.6 Å². The molecule has 1 heterocycles. The number of rotatable bonds is 15. The number of anilines is 2. The molecule has 0 saturated carbocycles. The first-order chi connectivity index (χ1) is 24.4. The summed E-state index contributed by atoms with van der Waals surface area (Å²) in [5.41, 5.74) is 4.99. The van der Waals surface area contributed by atoms with Crippen molar-refractivity contribution >= 4 is 17.4 Å². The minimum absolute atomic E-state index is 0.0430. The Balaban J connectivity index is 1.37. The van der Waals surface area contributed by atoms with Crippen LogP contribution in [0.4, 0.5) is 11.6 Å². The predicted molar refractivity (Wildman–Crippen MR) is 197 cm³/mol. The standard InChI is InChI=1S/C42H42N4O4/c1-42(28-31-15-21-37(49-3)22-16-31,26-25-30-13-19-36(48-2)20-14-30)40-44-41(45-46(40)29-32-17-23-38(50-4)24-18-32)43-35-12-8-11-34(27-35)39(47)33-9-6-5-7-10-33/h5-24,27H,25-26,28-29H2,1-4H3,(H,43,45). The SMILES string of the molecule is COc1ccc(CCC(C)(Cc2ccc(OC)cc2)c2nc(Nc3cccc(C(=O)c4ccccc4)c3)nn2Cc2ccc(OC)cc2)cc1. The number of carbonyl (C=O) groups is 1. The minimum atomic E-state index is -0.418. The van der Waals surface area contributed by atoms with Crippen LogP contribution >= 0.6 is 0 Å². The van der Waals surface area contributed by atoms with E-state index in [0.717, 1.165) is 53.6 Å². The number of hydrogen-bond acceptors (Lipinski definition) is 7. The fourth-order valence-electron chi connectivity index (χ4n) is 6.16. The lowest BCUT2D eigenvalue weighted by molar-refractivity contribution is 0.103. The van der Waals surface area contributed by atoms with Crippen LogP contribution < -0.4 is 19.5 Å². The number of nitrogens with one attached hydrogen (secondary N) is 1. The Kier molecular flexibility index (Phi) is 10.6. The maximum atomic E-state index is 13.2. The van der Waals surface area contributed by atoms with E-state index >= 15 is 0 Å². The van der Waals surface area contributed by atoms with Gasteiger partial charge in [0.25, 0.3) is 0 Å². The quantitative estimate of drug-likeness (QED) is 0.110. The van der Waals surface area contributed by atoms with Crippen molar-refractivity contribution in [3.05, 3.63) is 161 Å². The number of ether oxygens (including phenoxy) is 3. The lowest BCUT2D eigenvalue weighted by atomic mass is 9.77. The fraction of sp³-hybridized carbons (Fsp3) is 0.214. The summed E-state index contributed by atoms with van der Waals surface area (Å²) >= 11 is 0. The fourth-order valence-corrected chi connectivity index (χ4v) is 6.16. The summed E-state index contributed by atoms with van der Waals surface area (Å²) in [7, 11) is 5.02. The van der Waals surface area contributed by atoms with Gasteiger partial charge in [0.1, 0.15) is 23.1 Å². The molecule has 1 N–H and O–H groups in total. The monoisotopic (exact) mass is 666 g/mol. The van der Waals surface area contributed by atoms with E-state index in [1.807, 2.05) is 108 Å². The third-order valence-electron chi connectivity index (χ3n) is 9.00. The molecule has 5 aromatic carbocycles. The number of ketones is 1. The Hall–Kier alpha value is -5.89. The van der Waals surface area contributed by atoms with Gasteiger partial charge in [0.2, 0.25) is 5.95 Å². The zero-order chi connectivity index (χ0) is 34.9. The molecule has 6 aromatic rings. The molecular formula is C42H42N4O4. The Bertz CT molecular complexity index is 2010. The van der Waals surface area contributed by atoms with Crippen molar-refractivity contribution in [3.63, 3.8) is 0 Å². The summed E-state index contributed by atoms with van der Waals surface area (Å²) in [6.45, 7) is 2.78. The topological polar surface area (TPSA) is 87.5 Å². The minimum Gasteiger partial charge on any atom is -0.497 e. The molecule has 0 aliphatic rings. The summed E-state index contributed by atoms with van der Waals surface area (Å²) in [5.74, 6) is 3.72. The average Bonchev–Trinajstić information content (AvgIpc) is 3.57. The van der Waals surface area contributed by atoms with Gasteiger partial charge < -0.3 is 19.5 Å². The Morgan fingerprint density at radius 3 is 1.84 bits per heavy atom. The lowest BCUT2D eigenvalue weighted by Crippen LogP contribution is -2.31. The molecule has 6 rings (SSSR count). The molecular weight excluding hydrogens is 624 g/mol. The predicted octanol–water partition coefficient (Wildman–Crippen LogP) is 8.46. The van der Waals surface area contributed by atoms with Crippen molar-refractivity contribution in [2.45, 2.75) is 38.1 Å². The highest BCUT2D eigenvalue weighted by Crippen LogP contribution is 2.35. The van der Waals surface area contributed by atoms with E-state index < -0.39 is 5.41 Å². The van der Waals surface area contributed by atoms with Crippen LogP contribution in [0.1, 0.15) is 51.8 Å². The molecule has 0 radical (unpaired) electrons. The van der Waals surface area contributed by atoms with Crippen LogP contribution in [-0.4, -0.2) is 41.9 Å². The highest BCUT2D eigenvalue weighted by Gasteiger charge is 2.33.